The largest absolute Gasteiger partial charge is 0.384 e. The summed E-state index contributed by atoms with van der Waals surface area (Å²) in [5.74, 6) is 0.105. The monoisotopic (exact) mass is 392 g/mol. The molecule has 142 valence electrons. The van der Waals surface area contributed by atoms with Crippen molar-refractivity contribution in [2.24, 2.45) is 5.73 Å². The Balaban J connectivity index is 1.40. The van der Waals surface area contributed by atoms with Gasteiger partial charge in [0, 0.05) is 48.6 Å². The molecule has 0 bridgehead atoms. The number of carbonyl (C=O) groups is 1. The van der Waals surface area contributed by atoms with Crippen LogP contribution in [0.25, 0.3) is 10.6 Å². The Morgan fingerprint density at radius 1 is 1.04 bits per heavy atom. The normalized spacial score (nSPS) is 14.1. The number of nitrogens with one attached hydrogen (secondary N) is 1. The summed E-state index contributed by atoms with van der Waals surface area (Å²) in [4.78, 5) is 21.1. The van der Waals surface area contributed by atoms with Crippen molar-refractivity contribution >= 4 is 29.0 Å². The maximum absolute atomic E-state index is 12.8. The maximum Gasteiger partial charge on any atom is 0.253 e. The van der Waals surface area contributed by atoms with Crippen LogP contribution in [0.1, 0.15) is 15.9 Å². The Hall–Kier alpha value is -3.26. The van der Waals surface area contributed by atoms with Crippen molar-refractivity contribution in [2.45, 2.75) is 0 Å². The number of nitrogen functional groups attached to an aromatic ring is 1. The number of piperazine rings is 1. The van der Waals surface area contributed by atoms with Crippen LogP contribution in [-0.4, -0.2) is 52.2 Å². The van der Waals surface area contributed by atoms with Gasteiger partial charge in [-0.2, -0.15) is 4.37 Å². The summed E-state index contributed by atoms with van der Waals surface area (Å²) in [6.45, 7) is 2.80. The number of nitrogens with two attached hydrogens (primary N) is 1. The van der Waals surface area contributed by atoms with Crippen molar-refractivity contribution in [3.8, 4) is 10.6 Å². The molecule has 28 heavy (non-hydrogen) atoms. The third-order valence-electron chi connectivity index (χ3n) is 4.83. The van der Waals surface area contributed by atoms with E-state index in [9.17, 15) is 4.79 Å². The van der Waals surface area contributed by atoms with Crippen LogP contribution in [0.3, 0.4) is 0 Å². The molecule has 0 saturated carbocycles. The molecule has 1 fully saturated rings. The van der Waals surface area contributed by atoms with Gasteiger partial charge in [-0.1, -0.05) is 24.3 Å². The minimum atomic E-state index is 0.0425. The highest BCUT2D eigenvalue weighted by Gasteiger charge is 2.22. The van der Waals surface area contributed by atoms with E-state index in [2.05, 4.69) is 14.3 Å². The molecular formula is C20H20N6OS. The van der Waals surface area contributed by atoms with Gasteiger partial charge in [0.05, 0.1) is 0 Å². The molecule has 7 nitrogen and oxygen atoms in total. The SMILES string of the molecule is N=C(N)c1cccc(N2CCN(C(=O)c3ccc(-c4ncns4)cc3)CC2)c1. The van der Waals surface area contributed by atoms with E-state index in [1.165, 1.54) is 17.9 Å². The third kappa shape index (κ3) is 3.72. The molecule has 8 heteroatoms. The van der Waals surface area contributed by atoms with Crippen LogP contribution in [0.5, 0.6) is 0 Å². The van der Waals surface area contributed by atoms with E-state index >= 15 is 0 Å². The number of amides is 1. The van der Waals surface area contributed by atoms with Crippen molar-refractivity contribution in [2.75, 3.05) is 31.1 Å². The second-order valence-electron chi connectivity index (χ2n) is 6.57. The predicted molar refractivity (Wildman–Crippen MR) is 111 cm³/mol. The van der Waals surface area contributed by atoms with Crippen molar-refractivity contribution in [1.29, 1.82) is 5.41 Å². The summed E-state index contributed by atoms with van der Waals surface area (Å²) in [5.41, 5.74) is 8.98. The van der Waals surface area contributed by atoms with Gasteiger partial charge in [-0.3, -0.25) is 10.2 Å². The first-order valence-electron chi connectivity index (χ1n) is 8.97. The number of amidine groups is 1. The first-order chi connectivity index (χ1) is 13.6. The summed E-state index contributed by atoms with van der Waals surface area (Å²) in [7, 11) is 0. The second kappa shape index (κ2) is 7.77. The summed E-state index contributed by atoms with van der Waals surface area (Å²) in [6, 6.07) is 15.2. The molecule has 2 heterocycles. The Morgan fingerprint density at radius 2 is 1.79 bits per heavy atom. The molecule has 1 saturated heterocycles. The van der Waals surface area contributed by atoms with Gasteiger partial charge in [0.1, 0.15) is 17.2 Å². The van der Waals surface area contributed by atoms with Gasteiger partial charge >= 0.3 is 0 Å². The number of anilines is 1. The average Bonchev–Trinajstić information content (AvgIpc) is 3.28. The molecule has 0 unspecified atom stereocenters. The van der Waals surface area contributed by atoms with Crippen molar-refractivity contribution in [3.63, 3.8) is 0 Å². The molecule has 0 radical (unpaired) electrons. The highest BCUT2D eigenvalue weighted by Crippen LogP contribution is 2.22. The minimum Gasteiger partial charge on any atom is -0.384 e. The van der Waals surface area contributed by atoms with Crippen LogP contribution in [-0.2, 0) is 0 Å². The predicted octanol–water partition coefficient (Wildman–Crippen LogP) is 2.45. The van der Waals surface area contributed by atoms with Crippen molar-refractivity contribution < 1.29 is 4.79 Å². The number of rotatable bonds is 4. The average molecular weight is 392 g/mol. The van der Waals surface area contributed by atoms with E-state index in [-0.39, 0.29) is 11.7 Å². The Labute approximate surface area is 167 Å². The van der Waals surface area contributed by atoms with E-state index < -0.39 is 0 Å². The molecule has 1 aliphatic heterocycles. The number of carbonyl (C=O) groups excluding carboxylic acids is 1. The van der Waals surface area contributed by atoms with Gasteiger partial charge in [0.15, 0.2) is 0 Å². The summed E-state index contributed by atoms with van der Waals surface area (Å²) >= 11 is 1.34. The topological polar surface area (TPSA) is 99.2 Å². The summed E-state index contributed by atoms with van der Waals surface area (Å²) in [5, 5.41) is 8.44. The lowest BCUT2D eigenvalue weighted by Crippen LogP contribution is -2.48. The highest BCUT2D eigenvalue weighted by molar-refractivity contribution is 7.09. The quantitative estimate of drug-likeness (QED) is 0.525. The fraction of sp³-hybridized carbons (Fsp3) is 0.200. The summed E-state index contributed by atoms with van der Waals surface area (Å²) < 4.78 is 4.01. The van der Waals surface area contributed by atoms with E-state index in [0.29, 0.717) is 24.2 Å². The maximum atomic E-state index is 12.8. The zero-order valence-corrected chi connectivity index (χ0v) is 16.0. The first-order valence-corrected chi connectivity index (χ1v) is 9.75. The van der Waals surface area contributed by atoms with Crippen LogP contribution < -0.4 is 10.6 Å². The fourth-order valence-electron chi connectivity index (χ4n) is 3.28. The zero-order chi connectivity index (χ0) is 19.5. The third-order valence-corrected chi connectivity index (χ3v) is 5.54. The van der Waals surface area contributed by atoms with Crippen LogP contribution in [0, 0.1) is 5.41 Å². The summed E-state index contributed by atoms with van der Waals surface area (Å²) in [6.07, 6.45) is 1.53. The van der Waals surface area contributed by atoms with E-state index in [4.69, 9.17) is 11.1 Å². The van der Waals surface area contributed by atoms with Gasteiger partial charge in [-0.05, 0) is 35.8 Å². The standard InChI is InChI=1S/C20H20N6OS/c21-18(22)16-2-1-3-17(12-16)25-8-10-26(11-9-25)20(27)15-6-4-14(5-7-15)19-23-13-24-28-19/h1-7,12-13H,8-11H2,(H3,21,22). The van der Waals surface area contributed by atoms with Crippen molar-refractivity contribution in [3.05, 3.63) is 66.0 Å². The fourth-order valence-corrected chi connectivity index (χ4v) is 3.81. The Bertz CT molecular complexity index is 978. The van der Waals surface area contributed by atoms with Gasteiger partial charge < -0.3 is 15.5 Å². The van der Waals surface area contributed by atoms with E-state index in [1.807, 2.05) is 53.4 Å². The molecule has 1 aromatic heterocycles. The van der Waals surface area contributed by atoms with Crippen molar-refractivity contribution in [1.82, 2.24) is 14.3 Å². The number of aromatic nitrogens is 2. The van der Waals surface area contributed by atoms with Crippen LogP contribution >= 0.6 is 11.5 Å². The molecule has 0 spiro atoms. The zero-order valence-electron chi connectivity index (χ0n) is 15.2. The molecule has 1 aliphatic rings. The lowest BCUT2D eigenvalue weighted by atomic mass is 10.1. The molecular weight excluding hydrogens is 372 g/mol. The molecule has 3 aromatic rings. The highest BCUT2D eigenvalue weighted by atomic mass is 32.1. The minimum absolute atomic E-state index is 0.0425. The Kier molecular flexibility index (Phi) is 5.03. The smallest absolute Gasteiger partial charge is 0.253 e. The van der Waals surface area contributed by atoms with Crippen LogP contribution in [0.15, 0.2) is 54.9 Å². The number of benzene rings is 2. The molecule has 3 N–H and O–H groups in total. The number of hydrogen-bond acceptors (Lipinski definition) is 6. The van der Waals surface area contributed by atoms with Crippen LogP contribution in [0.4, 0.5) is 5.69 Å². The Morgan fingerprint density at radius 3 is 2.43 bits per heavy atom. The lowest BCUT2D eigenvalue weighted by molar-refractivity contribution is 0.0747. The molecule has 0 atom stereocenters. The molecule has 4 rings (SSSR count). The number of hydrogen-bond donors (Lipinski definition) is 2. The molecule has 1 amide bonds. The van der Waals surface area contributed by atoms with Crippen LogP contribution in [0.2, 0.25) is 0 Å². The van der Waals surface area contributed by atoms with Gasteiger partial charge in [-0.25, -0.2) is 4.98 Å². The first kappa shape index (κ1) is 18.1. The number of nitrogens with zero attached hydrogens (tertiary/aromatic N) is 4. The van der Waals surface area contributed by atoms with Gasteiger partial charge in [0.2, 0.25) is 0 Å². The second-order valence-corrected chi connectivity index (χ2v) is 7.35. The van der Waals surface area contributed by atoms with Gasteiger partial charge in [0.25, 0.3) is 5.91 Å². The molecule has 0 aliphatic carbocycles. The lowest BCUT2D eigenvalue weighted by Gasteiger charge is -2.36. The van der Waals surface area contributed by atoms with E-state index in [1.54, 1.807) is 0 Å². The van der Waals surface area contributed by atoms with Gasteiger partial charge in [-0.15, -0.1) is 0 Å². The molecule has 2 aromatic carbocycles. The van der Waals surface area contributed by atoms with E-state index in [0.717, 1.165) is 29.3 Å².